The van der Waals surface area contributed by atoms with Crippen molar-refractivity contribution < 1.29 is 19.3 Å². The smallest absolute Gasteiger partial charge is 0.352 e. The van der Waals surface area contributed by atoms with Crippen molar-refractivity contribution >= 4 is 22.7 Å². The summed E-state index contributed by atoms with van der Waals surface area (Å²) in [6, 6.07) is 0.233. The van der Waals surface area contributed by atoms with Gasteiger partial charge in [0.25, 0.3) is 0 Å². The Balaban J connectivity index is 1.98. The third-order valence-corrected chi connectivity index (χ3v) is 4.57. The summed E-state index contributed by atoms with van der Waals surface area (Å²) in [5.41, 5.74) is 2.03. The maximum Gasteiger partial charge on any atom is 0.352 e. The maximum atomic E-state index is 12.3. The molecule has 0 spiro atoms. The van der Waals surface area contributed by atoms with Gasteiger partial charge in [0.2, 0.25) is 0 Å². The molecular weight excluding hydrogens is 308 g/mol. The number of aromatic amines is 1. The standard InChI is InChI=1S/C17H24N4O3/c1-3-21-16-13(10-19-21)15(14(9-18-16)17(23)24-4-2)20-11-5-7-12(22)8-6-11/h9-12,22H,3-8H2,1-2H3,(H,18,19,20,23)/p+1. The van der Waals surface area contributed by atoms with Crippen molar-refractivity contribution in [3.05, 3.63) is 18.0 Å². The van der Waals surface area contributed by atoms with E-state index in [1.54, 1.807) is 13.1 Å². The van der Waals surface area contributed by atoms with Crippen molar-refractivity contribution in [3.63, 3.8) is 0 Å². The molecule has 1 aliphatic rings. The average Bonchev–Trinajstić information content (AvgIpc) is 3.01. The molecule has 7 heteroatoms. The topological polar surface area (TPSA) is 91.1 Å². The van der Waals surface area contributed by atoms with Crippen LogP contribution in [-0.2, 0) is 11.3 Å². The molecule has 7 nitrogen and oxygen atoms in total. The van der Waals surface area contributed by atoms with Gasteiger partial charge in [0.1, 0.15) is 17.5 Å². The van der Waals surface area contributed by atoms with Crippen LogP contribution in [0.3, 0.4) is 0 Å². The number of carbonyl (C=O) groups is 1. The summed E-state index contributed by atoms with van der Waals surface area (Å²) in [6.07, 6.45) is 6.57. The summed E-state index contributed by atoms with van der Waals surface area (Å²) >= 11 is 0. The van der Waals surface area contributed by atoms with Gasteiger partial charge in [0.05, 0.1) is 24.6 Å². The number of aryl methyl sites for hydroxylation is 1. The number of aromatic nitrogens is 3. The lowest BCUT2D eigenvalue weighted by atomic mass is 9.92. The van der Waals surface area contributed by atoms with Crippen molar-refractivity contribution in [3.8, 4) is 0 Å². The fraction of sp³-hybridized carbons (Fsp3) is 0.588. The molecule has 0 unspecified atom stereocenters. The van der Waals surface area contributed by atoms with E-state index in [2.05, 4.69) is 15.4 Å². The van der Waals surface area contributed by atoms with Crippen LogP contribution in [0.4, 0.5) is 5.69 Å². The van der Waals surface area contributed by atoms with Gasteiger partial charge in [0.15, 0.2) is 6.20 Å². The quantitative estimate of drug-likeness (QED) is 0.573. The van der Waals surface area contributed by atoms with E-state index in [1.807, 2.05) is 17.8 Å². The highest BCUT2D eigenvalue weighted by molar-refractivity contribution is 6.03. The summed E-state index contributed by atoms with van der Waals surface area (Å²) < 4.78 is 7.11. The van der Waals surface area contributed by atoms with E-state index in [4.69, 9.17) is 4.74 Å². The summed E-state index contributed by atoms with van der Waals surface area (Å²) in [7, 11) is 0. The molecule has 0 aliphatic heterocycles. The number of pyridine rings is 1. The van der Waals surface area contributed by atoms with Gasteiger partial charge in [-0.2, -0.15) is 4.68 Å². The highest BCUT2D eigenvalue weighted by Gasteiger charge is 2.27. The lowest BCUT2D eigenvalue weighted by Gasteiger charge is -2.27. The SMILES string of the molecule is CCOC(=O)c1cnc2c(c[nH][n+]2CC)c1NC1CCC(O)CC1. The largest absolute Gasteiger partial charge is 0.462 e. The van der Waals surface area contributed by atoms with Gasteiger partial charge < -0.3 is 15.2 Å². The Hall–Kier alpha value is -2.15. The lowest BCUT2D eigenvalue weighted by molar-refractivity contribution is -0.725. The Kier molecular flexibility index (Phi) is 4.99. The van der Waals surface area contributed by atoms with Crippen LogP contribution in [0.15, 0.2) is 12.4 Å². The second-order valence-electron chi connectivity index (χ2n) is 6.17. The molecule has 0 atom stereocenters. The number of rotatable bonds is 5. The van der Waals surface area contributed by atoms with Crippen LogP contribution in [0.5, 0.6) is 0 Å². The van der Waals surface area contributed by atoms with Crippen molar-refractivity contribution in [2.45, 2.75) is 58.2 Å². The van der Waals surface area contributed by atoms with Crippen molar-refractivity contribution in [1.29, 1.82) is 0 Å². The van der Waals surface area contributed by atoms with Gasteiger partial charge in [-0.05, 0) is 44.5 Å². The first-order valence-electron chi connectivity index (χ1n) is 8.65. The van der Waals surface area contributed by atoms with Crippen LogP contribution >= 0.6 is 0 Å². The molecule has 0 aromatic carbocycles. The molecule has 2 aromatic heterocycles. The second-order valence-corrected chi connectivity index (χ2v) is 6.17. The number of carbonyl (C=O) groups excluding carboxylic acids is 1. The lowest BCUT2D eigenvalue weighted by Crippen LogP contribution is -2.35. The van der Waals surface area contributed by atoms with Crippen LogP contribution in [0, 0.1) is 0 Å². The fourth-order valence-electron chi connectivity index (χ4n) is 3.26. The van der Waals surface area contributed by atoms with E-state index in [0.29, 0.717) is 12.2 Å². The first kappa shape index (κ1) is 16.7. The minimum Gasteiger partial charge on any atom is -0.462 e. The van der Waals surface area contributed by atoms with Gasteiger partial charge in [-0.15, -0.1) is 0 Å². The Morgan fingerprint density at radius 3 is 2.83 bits per heavy atom. The minimum absolute atomic E-state index is 0.209. The molecule has 3 rings (SSSR count). The van der Waals surface area contributed by atoms with Gasteiger partial charge in [-0.3, -0.25) is 0 Å². The zero-order valence-corrected chi connectivity index (χ0v) is 14.2. The Morgan fingerprint density at radius 1 is 1.42 bits per heavy atom. The fourth-order valence-corrected chi connectivity index (χ4v) is 3.26. The Bertz CT molecular complexity index is 720. The summed E-state index contributed by atoms with van der Waals surface area (Å²) in [5.74, 6) is -0.366. The summed E-state index contributed by atoms with van der Waals surface area (Å²) in [6.45, 7) is 4.92. The normalized spacial score (nSPS) is 21.0. The van der Waals surface area contributed by atoms with Gasteiger partial charge in [0, 0.05) is 6.04 Å². The Labute approximate surface area is 141 Å². The first-order valence-corrected chi connectivity index (χ1v) is 8.65. The molecule has 2 aromatic rings. The zero-order chi connectivity index (χ0) is 17.1. The number of ether oxygens (including phenoxy) is 1. The molecule has 0 radical (unpaired) electrons. The molecule has 1 fully saturated rings. The summed E-state index contributed by atoms with van der Waals surface area (Å²) in [5, 5.41) is 17.2. The van der Waals surface area contributed by atoms with E-state index in [-0.39, 0.29) is 18.1 Å². The molecule has 1 saturated carbocycles. The number of aliphatic hydroxyl groups is 1. The monoisotopic (exact) mass is 333 g/mol. The molecule has 2 heterocycles. The average molecular weight is 333 g/mol. The summed E-state index contributed by atoms with van der Waals surface area (Å²) in [4.78, 5) is 16.8. The molecular formula is C17H25N4O3+. The zero-order valence-electron chi connectivity index (χ0n) is 14.2. The highest BCUT2D eigenvalue weighted by Crippen LogP contribution is 2.29. The second kappa shape index (κ2) is 7.17. The van der Waals surface area contributed by atoms with Gasteiger partial charge in [-0.1, -0.05) is 0 Å². The molecule has 0 amide bonds. The number of anilines is 1. The predicted molar refractivity (Wildman–Crippen MR) is 89.8 cm³/mol. The number of nitrogens with zero attached hydrogens (tertiary/aromatic N) is 2. The molecule has 130 valence electrons. The molecule has 1 aliphatic carbocycles. The third kappa shape index (κ3) is 3.21. The van der Waals surface area contributed by atoms with Gasteiger partial charge in [-0.25, -0.2) is 9.89 Å². The van der Waals surface area contributed by atoms with E-state index < -0.39 is 0 Å². The molecule has 3 N–H and O–H groups in total. The van der Waals surface area contributed by atoms with E-state index >= 15 is 0 Å². The maximum absolute atomic E-state index is 12.3. The number of aliphatic hydroxyl groups excluding tert-OH is 1. The number of hydrogen-bond acceptors (Lipinski definition) is 5. The van der Waals surface area contributed by atoms with Crippen LogP contribution in [-0.4, -0.2) is 39.9 Å². The minimum atomic E-state index is -0.366. The third-order valence-electron chi connectivity index (χ3n) is 4.57. The number of fused-ring (bicyclic) bond motifs is 1. The predicted octanol–water partition coefficient (Wildman–Crippen LogP) is 1.76. The molecule has 24 heavy (non-hydrogen) atoms. The molecule has 0 bridgehead atoms. The van der Waals surface area contributed by atoms with E-state index in [0.717, 1.165) is 48.9 Å². The number of H-pyrrole nitrogens is 1. The number of nitrogens with one attached hydrogen (secondary N) is 2. The highest BCUT2D eigenvalue weighted by atomic mass is 16.5. The van der Waals surface area contributed by atoms with E-state index in [1.165, 1.54) is 0 Å². The Morgan fingerprint density at radius 2 is 2.17 bits per heavy atom. The van der Waals surface area contributed by atoms with Crippen molar-refractivity contribution in [2.24, 2.45) is 0 Å². The van der Waals surface area contributed by atoms with Crippen LogP contribution < -0.4 is 10.00 Å². The van der Waals surface area contributed by atoms with Crippen LogP contribution in [0.2, 0.25) is 0 Å². The van der Waals surface area contributed by atoms with E-state index in [9.17, 15) is 9.90 Å². The number of esters is 1. The van der Waals surface area contributed by atoms with Crippen molar-refractivity contribution in [2.75, 3.05) is 11.9 Å². The van der Waals surface area contributed by atoms with Gasteiger partial charge >= 0.3 is 11.6 Å². The van der Waals surface area contributed by atoms with Crippen LogP contribution in [0.1, 0.15) is 49.9 Å². The van der Waals surface area contributed by atoms with Crippen LogP contribution in [0.25, 0.3) is 11.0 Å². The first-order chi connectivity index (χ1) is 11.6. The van der Waals surface area contributed by atoms with Crippen molar-refractivity contribution in [1.82, 2.24) is 10.1 Å². The molecule has 0 saturated heterocycles. The number of hydrogen-bond donors (Lipinski definition) is 3.